The molecule has 0 aliphatic heterocycles. The van der Waals surface area contributed by atoms with Crippen molar-refractivity contribution >= 4 is 17.1 Å². The number of nitrogens with one attached hydrogen (secondary N) is 2. The van der Waals surface area contributed by atoms with E-state index >= 15 is 0 Å². The van der Waals surface area contributed by atoms with Crippen LogP contribution in [0.5, 0.6) is 0 Å². The molecule has 2 aromatic rings. The summed E-state index contributed by atoms with van der Waals surface area (Å²) in [5, 5.41) is 4.47. The highest BCUT2D eigenvalue weighted by Crippen LogP contribution is 2.23. The number of terminal acetylenes is 1. The van der Waals surface area contributed by atoms with Gasteiger partial charge in [0.1, 0.15) is 0 Å². The summed E-state index contributed by atoms with van der Waals surface area (Å²) in [7, 11) is 0. The molecule has 1 unspecified atom stereocenters. The molecule has 1 aromatic carbocycles. The van der Waals surface area contributed by atoms with E-state index < -0.39 is 12.6 Å². The first-order chi connectivity index (χ1) is 14.2. The van der Waals surface area contributed by atoms with E-state index in [-0.39, 0.29) is 12.5 Å². The van der Waals surface area contributed by atoms with Crippen molar-refractivity contribution in [3.8, 4) is 12.3 Å². The molecule has 162 valence electrons. The van der Waals surface area contributed by atoms with E-state index in [0.29, 0.717) is 18.5 Å². The number of H-pyrrole nitrogens is 1. The predicted molar refractivity (Wildman–Crippen MR) is 121 cm³/mol. The Morgan fingerprint density at radius 2 is 2.07 bits per heavy atom. The Balaban J connectivity index is 0.00000141. The Bertz CT molecular complexity index is 898. The third-order valence-corrected chi connectivity index (χ3v) is 4.19. The molecule has 0 aliphatic rings. The van der Waals surface area contributed by atoms with Gasteiger partial charge in [0.25, 0.3) is 0 Å². The Kier molecular flexibility index (Phi) is 10.5. The van der Waals surface area contributed by atoms with Gasteiger partial charge in [-0.05, 0) is 55.8 Å². The van der Waals surface area contributed by atoms with Crippen LogP contribution in [0.15, 0.2) is 59.4 Å². The molecule has 1 atom stereocenters. The Morgan fingerprint density at radius 3 is 2.70 bits per heavy atom. The van der Waals surface area contributed by atoms with Crippen molar-refractivity contribution in [2.24, 2.45) is 4.99 Å². The molecule has 0 saturated heterocycles. The minimum Gasteiger partial charge on any atom is -0.384 e. The summed E-state index contributed by atoms with van der Waals surface area (Å²) in [6, 6.07) is 8.32. The van der Waals surface area contributed by atoms with Crippen molar-refractivity contribution in [3.05, 3.63) is 60.0 Å². The minimum atomic E-state index is -4.14. The molecule has 3 nitrogen and oxygen atoms in total. The molecule has 0 spiro atoms. The highest BCUT2D eigenvalue weighted by molar-refractivity contribution is 5.80. The first kappa shape index (κ1) is 25.1. The monoisotopic (exact) mass is 417 g/mol. The molecule has 0 amide bonds. The van der Waals surface area contributed by atoms with Crippen LogP contribution in [0.25, 0.3) is 10.9 Å². The lowest BCUT2D eigenvalue weighted by molar-refractivity contribution is -0.133. The number of alkyl halides is 3. The van der Waals surface area contributed by atoms with Gasteiger partial charge in [-0.3, -0.25) is 4.99 Å². The number of benzene rings is 1. The second-order valence-corrected chi connectivity index (χ2v) is 6.99. The van der Waals surface area contributed by atoms with Crippen LogP contribution < -0.4 is 5.32 Å². The fourth-order valence-electron chi connectivity index (χ4n) is 2.79. The van der Waals surface area contributed by atoms with Crippen molar-refractivity contribution in [1.29, 1.82) is 0 Å². The van der Waals surface area contributed by atoms with Crippen molar-refractivity contribution in [2.75, 3.05) is 6.54 Å². The van der Waals surface area contributed by atoms with Gasteiger partial charge in [0.2, 0.25) is 0 Å². The summed E-state index contributed by atoms with van der Waals surface area (Å²) in [6.45, 7) is 9.89. The molecule has 1 heterocycles. The Morgan fingerprint density at radius 1 is 1.37 bits per heavy atom. The number of nitrogens with zero attached hydrogens (tertiary/aromatic N) is 1. The fourth-order valence-corrected chi connectivity index (χ4v) is 2.79. The van der Waals surface area contributed by atoms with E-state index in [1.54, 1.807) is 19.9 Å². The molecule has 6 heteroatoms. The third kappa shape index (κ3) is 10.0. The van der Waals surface area contributed by atoms with Gasteiger partial charge in [-0.15, -0.1) is 12.3 Å². The third-order valence-electron chi connectivity index (χ3n) is 4.19. The van der Waals surface area contributed by atoms with Crippen molar-refractivity contribution in [1.82, 2.24) is 10.3 Å². The second-order valence-electron chi connectivity index (χ2n) is 6.99. The van der Waals surface area contributed by atoms with Gasteiger partial charge in [-0.25, -0.2) is 0 Å². The number of halogens is 3. The second kappa shape index (κ2) is 12.6. The molecule has 0 radical (unpaired) electrons. The van der Waals surface area contributed by atoms with E-state index in [2.05, 4.69) is 52.4 Å². The van der Waals surface area contributed by atoms with Crippen LogP contribution in [-0.2, 0) is 6.42 Å². The summed E-state index contributed by atoms with van der Waals surface area (Å²) in [4.78, 5) is 7.46. The number of hydrogen-bond donors (Lipinski definition) is 2. The van der Waals surface area contributed by atoms with Crippen LogP contribution >= 0.6 is 0 Å². The predicted octanol–water partition coefficient (Wildman–Crippen LogP) is 6.20. The van der Waals surface area contributed by atoms with E-state index in [9.17, 15) is 13.2 Å². The topological polar surface area (TPSA) is 40.2 Å². The van der Waals surface area contributed by atoms with Crippen LogP contribution in [0.2, 0.25) is 0 Å². The van der Waals surface area contributed by atoms with Crippen LogP contribution in [0.3, 0.4) is 0 Å². The molecule has 0 bridgehead atoms. The number of rotatable bonds is 9. The number of aromatic nitrogens is 1. The fraction of sp³-hybridized carbons (Fsp3) is 0.375. The summed E-state index contributed by atoms with van der Waals surface area (Å²) < 4.78 is 36.9. The number of aromatic amines is 1. The van der Waals surface area contributed by atoms with Gasteiger partial charge in [0.15, 0.2) is 0 Å². The zero-order chi connectivity index (χ0) is 22.6. The van der Waals surface area contributed by atoms with Crippen LogP contribution in [0, 0.1) is 12.3 Å². The zero-order valence-corrected chi connectivity index (χ0v) is 17.8. The number of fused-ring (bicyclic) bond motifs is 1. The number of aliphatic imine (C=N–C) groups is 1. The summed E-state index contributed by atoms with van der Waals surface area (Å²) >= 11 is 0. The van der Waals surface area contributed by atoms with Crippen LogP contribution in [0.4, 0.5) is 13.2 Å². The van der Waals surface area contributed by atoms with Gasteiger partial charge >= 0.3 is 6.18 Å². The normalized spacial score (nSPS) is 12.9. The molecule has 2 rings (SSSR count). The molecule has 0 aliphatic carbocycles. The van der Waals surface area contributed by atoms with E-state index in [1.165, 1.54) is 11.6 Å². The van der Waals surface area contributed by atoms with Gasteiger partial charge in [-0.1, -0.05) is 24.8 Å². The smallest absolute Gasteiger partial charge is 0.384 e. The van der Waals surface area contributed by atoms with Crippen LogP contribution in [0.1, 0.15) is 39.2 Å². The average Bonchev–Trinajstić information content (AvgIpc) is 3.12. The Labute approximate surface area is 177 Å². The van der Waals surface area contributed by atoms with Gasteiger partial charge in [0, 0.05) is 42.5 Å². The average molecular weight is 418 g/mol. The lowest BCUT2D eigenvalue weighted by Gasteiger charge is -2.15. The lowest BCUT2D eigenvalue weighted by Crippen LogP contribution is -2.28. The molecular weight excluding hydrogens is 387 g/mol. The van der Waals surface area contributed by atoms with E-state index in [1.807, 2.05) is 19.2 Å². The Hall–Kier alpha value is -2.94. The van der Waals surface area contributed by atoms with Crippen molar-refractivity contribution < 1.29 is 13.2 Å². The standard InChI is InChI=1S/C21H26F3N3.C3H4/c1-4-17(7-9-21(22,23)24)14-25-13-16(3)27-15(2)11-18-5-6-19-8-10-26-20(19)12-18;1-3-2/h4-6,8,10,12,14,16,26-27H,2,7,9,11,13H2,1,3H3;1H,2H3/b17-4-,25-14?;. The van der Waals surface area contributed by atoms with Gasteiger partial charge in [0.05, 0.1) is 6.54 Å². The van der Waals surface area contributed by atoms with Gasteiger partial charge in [-0.2, -0.15) is 13.2 Å². The SMILES string of the molecule is C#CC.C=C(Cc1ccc2cc[nH]c2c1)NC(C)CN=C/C(=C\C)CCC(F)(F)F. The van der Waals surface area contributed by atoms with Crippen LogP contribution in [-0.4, -0.2) is 30.0 Å². The maximum atomic E-state index is 12.3. The number of allylic oxidation sites excluding steroid dienone is 3. The summed E-state index contributed by atoms with van der Waals surface area (Å²) in [5.41, 5.74) is 3.72. The molecule has 1 aromatic heterocycles. The number of hydrogen-bond acceptors (Lipinski definition) is 2. The highest BCUT2D eigenvalue weighted by Gasteiger charge is 2.26. The van der Waals surface area contributed by atoms with E-state index in [4.69, 9.17) is 0 Å². The maximum absolute atomic E-state index is 12.3. The first-order valence-electron chi connectivity index (χ1n) is 9.78. The van der Waals surface area contributed by atoms with E-state index in [0.717, 1.165) is 16.8 Å². The zero-order valence-electron chi connectivity index (χ0n) is 17.8. The lowest BCUT2D eigenvalue weighted by atomic mass is 10.1. The molecular formula is C24H30F3N3. The van der Waals surface area contributed by atoms with Crippen molar-refractivity contribution in [2.45, 2.75) is 52.3 Å². The molecule has 0 saturated carbocycles. The molecule has 30 heavy (non-hydrogen) atoms. The quantitative estimate of drug-likeness (QED) is 0.370. The van der Waals surface area contributed by atoms with Gasteiger partial charge < -0.3 is 10.3 Å². The highest BCUT2D eigenvalue weighted by atomic mass is 19.4. The first-order valence-corrected chi connectivity index (χ1v) is 9.78. The largest absolute Gasteiger partial charge is 0.389 e. The molecule has 2 N–H and O–H groups in total. The molecule has 0 fully saturated rings. The maximum Gasteiger partial charge on any atom is 0.389 e. The summed E-state index contributed by atoms with van der Waals surface area (Å²) in [5.74, 6) is 2.25. The van der Waals surface area contributed by atoms with Crippen molar-refractivity contribution in [3.63, 3.8) is 0 Å². The minimum absolute atomic E-state index is 0.0424. The summed E-state index contributed by atoms with van der Waals surface area (Å²) in [6.07, 6.45) is 5.41.